The van der Waals surface area contributed by atoms with Crippen LogP contribution in [0.15, 0.2) is 24.3 Å². The molecule has 0 saturated heterocycles. The van der Waals surface area contributed by atoms with Gasteiger partial charge in [0.1, 0.15) is 5.60 Å². The van der Waals surface area contributed by atoms with Gasteiger partial charge in [-0.1, -0.05) is 38.1 Å². The van der Waals surface area contributed by atoms with Crippen LogP contribution in [0.2, 0.25) is 0 Å². The first-order valence-electron chi connectivity index (χ1n) is 9.06. The van der Waals surface area contributed by atoms with Crippen LogP contribution in [-0.4, -0.2) is 29.7 Å². The first-order valence-corrected chi connectivity index (χ1v) is 9.06. The number of aryl methyl sites for hydroxylation is 1. The minimum absolute atomic E-state index is 0.104. The van der Waals surface area contributed by atoms with Gasteiger partial charge in [-0.05, 0) is 52.7 Å². The maximum atomic E-state index is 12.4. The number of ether oxygens (including phenoxy) is 1. The van der Waals surface area contributed by atoms with Gasteiger partial charge >= 0.3 is 6.09 Å². The maximum absolute atomic E-state index is 12.4. The highest BCUT2D eigenvalue weighted by Crippen LogP contribution is 2.25. The molecule has 1 rings (SSSR count). The second kappa shape index (κ2) is 8.11. The Hall–Kier alpha value is -2.04. The maximum Gasteiger partial charge on any atom is 0.408 e. The Kier molecular flexibility index (Phi) is 6.86. The Balaban J connectivity index is 2.60. The second-order valence-corrected chi connectivity index (χ2v) is 9.16. The number of hydrogen-bond acceptors (Lipinski definition) is 3. The molecule has 26 heavy (non-hydrogen) atoms. The van der Waals surface area contributed by atoms with Crippen molar-refractivity contribution in [2.45, 2.75) is 78.4 Å². The highest BCUT2D eigenvalue weighted by Gasteiger charge is 2.28. The number of hydrogen-bond donors (Lipinski definition) is 2. The summed E-state index contributed by atoms with van der Waals surface area (Å²) in [6.45, 7) is 15.9. The van der Waals surface area contributed by atoms with Gasteiger partial charge in [0, 0.05) is 23.9 Å². The van der Waals surface area contributed by atoms with Crippen LogP contribution in [-0.2, 0) is 14.9 Å². The van der Waals surface area contributed by atoms with E-state index in [1.807, 2.05) is 26.0 Å². The Morgan fingerprint density at radius 2 is 1.58 bits per heavy atom. The van der Waals surface area contributed by atoms with Crippen LogP contribution >= 0.6 is 0 Å². The van der Waals surface area contributed by atoms with E-state index in [9.17, 15) is 9.59 Å². The Morgan fingerprint density at radius 1 is 1.00 bits per heavy atom. The molecule has 1 aromatic rings. The molecule has 0 bridgehead atoms. The molecule has 146 valence electrons. The fourth-order valence-corrected chi connectivity index (χ4v) is 2.84. The van der Waals surface area contributed by atoms with Gasteiger partial charge in [0.25, 0.3) is 0 Å². The van der Waals surface area contributed by atoms with Gasteiger partial charge < -0.3 is 15.4 Å². The zero-order chi connectivity index (χ0) is 20.2. The molecule has 0 saturated carbocycles. The highest BCUT2D eigenvalue weighted by atomic mass is 16.6. The van der Waals surface area contributed by atoms with Crippen LogP contribution in [0.4, 0.5) is 4.79 Å². The summed E-state index contributed by atoms with van der Waals surface area (Å²) in [5, 5.41) is 5.75. The van der Waals surface area contributed by atoms with Crippen molar-refractivity contribution in [2.24, 2.45) is 0 Å². The summed E-state index contributed by atoms with van der Waals surface area (Å²) < 4.78 is 5.26. The smallest absolute Gasteiger partial charge is 0.408 e. The van der Waals surface area contributed by atoms with Crippen LogP contribution in [0.1, 0.15) is 66.0 Å². The van der Waals surface area contributed by atoms with Crippen molar-refractivity contribution in [3.05, 3.63) is 35.4 Å². The quantitative estimate of drug-likeness (QED) is 0.801. The molecular formula is C21H34N2O3. The Morgan fingerprint density at radius 3 is 2.12 bits per heavy atom. The lowest BCUT2D eigenvalue weighted by atomic mass is 9.82. The number of amides is 2. The average molecular weight is 363 g/mol. The predicted molar refractivity (Wildman–Crippen MR) is 105 cm³/mol. The number of nitrogens with one attached hydrogen (secondary N) is 2. The normalized spacial score (nSPS) is 12.5. The summed E-state index contributed by atoms with van der Waals surface area (Å²) in [4.78, 5) is 24.3. The standard InChI is InChI=1S/C21H34N2O3/c1-15-11-9-10-12-16(15)20(5,6)14-22-17(24)13-21(7,8)23-18(25)26-19(2,3)4/h9-12H,13-14H2,1-8H3,(H,22,24)(H,23,25). The number of carbonyl (C=O) groups excluding carboxylic acids is 2. The van der Waals surface area contributed by atoms with Crippen molar-refractivity contribution >= 4 is 12.0 Å². The van der Waals surface area contributed by atoms with Gasteiger partial charge in [0.05, 0.1) is 0 Å². The largest absolute Gasteiger partial charge is 0.444 e. The molecule has 0 radical (unpaired) electrons. The van der Waals surface area contributed by atoms with Crippen molar-refractivity contribution in [1.29, 1.82) is 0 Å². The summed E-state index contributed by atoms with van der Waals surface area (Å²) in [6, 6.07) is 8.19. The number of alkyl carbamates (subject to hydrolysis) is 1. The van der Waals surface area contributed by atoms with Crippen molar-refractivity contribution in [1.82, 2.24) is 10.6 Å². The highest BCUT2D eigenvalue weighted by molar-refractivity contribution is 5.78. The monoisotopic (exact) mass is 362 g/mol. The van der Waals surface area contributed by atoms with Crippen molar-refractivity contribution in [3.63, 3.8) is 0 Å². The average Bonchev–Trinajstić information content (AvgIpc) is 2.42. The van der Waals surface area contributed by atoms with E-state index in [1.165, 1.54) is 11.1 Å². The molecule has 5 heteroatoms. The van der Waals surface area contributed by atoms with Crippen LogP contribution in [0, 0.1) is 6.92 Å². The summed E-state index contributed by atoms with van der Waals surface area (Å²) >= 11 is 0. The lowest BCUT2D eigenvalue weighted by Gasteiger charge is -2.30. The summed E-state index contributed by atoms with van der Waals surface area (Å²) in [5.41, 5.74) is 0.980. The zero-order valence-corrected chi connectivity index (χ0v) is 17.4. The molecule has 0 aliphatic rings. The third kappa shape index (κ3) is 7.46. The fourth-order valence-electron chi connectivity index (χ4n) is 2.84. The zero-order valence-electron chi connectivity index (χ0n) is 17.4. The molecule has 0 unspecified atom stereocenters. The van der Waals surface area contributed by atoms with Gasteiger partial charge in [0.15, 0.2) is 0 Å². The molecule has 0 heterocycles. The van der Waals surface area contributed by atoms with E-state index in [1.54, 1.807) is 20.8 Å². The molecule has 0 aliphatic heterocycles. The summed E-state index contributed by atoms with van der Waals surface area (Å²) in [6.07, 6.45) is -0.341. The van der Waals surface area contributed by atoms with Crippen molar-refractivity contribution in [2.75, 3.05) is 6.54 Å². The molecule has 2 amide bonds. The van der Waals surface area contributed by atoms with Gasteiger partial charge in [-0.25, -0.2) is 4.79 Å². The number of benzene rings is 1. The third-order valence-corrected chi connectivity index (χ3v) is 4.04. The minimum atomic E-state index is -0.695. The second-order valence-electron chi connectivity index (χ2n) is 9.16. The first-order chi connectivity index (χ1) is 11.7. The van der Waals surface area contributed by atoms with E-state index < -0.39 is 17.2 Å². The third-order valence-electron chi connectivity index (χ3n) is 4.04. The first kappa shape index (κ1) is 22.0. The lowest BCUT2D eigenvalue weighted by molar-refractivity contribution is -0.122. The molecule has 0 spiro atoms. The van der Waals surface area contributed by atoms with E-state index >= 15 is 0 Å². The van der Waals surface area contributed by atoms with Gasteiger partial charge in [-0.15, -0.1) is 0 Å². The van der Waals surface area contributed by atoms with Crippen LogP contribution in [0.5, 0.6) is 0 Å². The van der Waals surface area contributed by atoms with Gasteiger partial charge in [0.2, 0.25) is 5.91 Å². The van der Waals surface area contributed by atoms with E-state index in [0.717, 1.165) is 0 Å². The Bertz CT molecular complexity index is 643. The summed E-state index contributed by atoms with van der Waals surface area (Å²) in [7, 11) is 0. The van der Waals surface area contributed by atoms with E-state index in [4.69, 9.17) is 4.74 Å². The fraction of sp³-hybridized carbons (Fsp3) is 0.619. The molecule has 0 fully saturated rings. The van der Waals surface area contributed by atoms with E-state index in [0.29, 0.717) is 6.54 Å². The van der Waals surface area contributed by atoms with E-state index in [2.05, 4.69) is 43.5 Å². The molecular weight excluding hydrogens is 328 g/mol. The molecule has 0 aromatic heterocycles. The van der Waals surface area contributed by atoms with Crippen molar-refractivity contribution < 1.29 is 14.3 Å². The SMILES string of the molecule is Cc1ccccc1C(C)(C)CNC(=O)CC(C)(C)NC(=O)OC(C)(C)C. The summed E-state index contributed by atoms with van der Waals surface area (Å²) in [5.74, 6) is -0.104. The molecule has 0 aliphatic carbocycles. The topological polar surface area (TPSA) is 67.4 Å². The molecule has 1 aromatic carbocycles. The predicted octanol–water partition coefficient (Wildman–Crippen LogP) is 4.08. The lowest BCUT2D eigenvalue weighted by Crippen LogP contribution is -2.49. The minimum Gasteiger partial charge on any atom is -0.444 e. The van der Waals surface area contributed by atoms with E-state index in [-0.39, 0.29) is 17.7 Å². The van der Waals surface area contributed by atoms with Crippen LogP contribution in [0.3, 0.4) is 0 Å². The van der Waals surface area contributed by atoms with Gasteiger partial charge in [-0.2, -0.15) is 0 Å². The Labute approximate surface area is 157 Å². The molecule has 5 nitrogen and oxygen atoms in total. The number of rotatable bonds is 6. The number of carbonyl (C=O) groups is 2. The molecule has 0 atom stereocenters. The van der Waals surface area contributed by atoms with Crippen LogP contribution < -0.4 is 10.6 Å². The van der Waals surface area contributed by atoms with Crippen LogP contribution in [0.25, 0.3) is 0 Å². The van der Waals surface area contributed by atoms with Crippen molar-refractivity contribution in [3.8, 4) is 0 Å². The molecule has 2 N–H and O–H groups in total. The van der Waals surface area contributed by atoms with Gasteiger partial charge in [-0.3, -0.25) is 4.79 Å².